The summed E-state index contributed by atoms with van der Waals surface area (Å²) in [5.41, 5.74) is 0. The maximum Gasteiger partial charge on any atom is 0.0545 e. The zero-order chi connectivity index (χ0) is 9.68. The molecule has 0 aliphatic heterocycles. The third-order valence-corrected chi connectivity index (χ3v) is 3.46. The van der Waals surface area contributed by atoms with Gasteiger partial charge in [-0.1, -0.05) is 24.9 Å². The summed E-state index contributed by atoms with van der Waals surface area (Å²) in [5.74, 6) is 0. The molecular formula is C10H15ClOS. The van der Waals surface area contributed by atoms with Crippen LogP contribution in [0.4, 0.5) is 0 Å². The van der Waals surface area contributed by atoms with Crippen molar-refractivity contribution in [2.75, 3.05) is 0 Å². The van der Waals surface area contributed by atoms with Crippen LogP contribution < -0.4 is 0 Å². The predicted molar refractivity (Wildman–Crippen MR) is 58.6 cm³/mol. The second kappa shape index (κ2) is 5.63. The van der Waals surface area contributed by atoms with Crippen LogP contribution in [0.5, 0.6) is 0 Å². The van der Waals surface area contributed by atoms with E-state index in [-0.39, 0.29) is 6.10 Å². The lowest BCUT2D eigenvalue weighted by Gasteiger charge is -2.07. The molecule has 0 spiro atoms. The predicted octanol–water partition coefficient (Wildman–Crippen LogP) is 3.50. The van der Waals surface area contributed by atoms with Crippen molar-refractivity contribution < 1.29 is 5.11 Å². The number of aliphatic hydroxyl groups is 1. The van der Waals surface area contributed by atoms with Crippen molar-refractivity contribution in [1.82, 2.24) is 0 Å². The SMILES string of the molecule is CCCC(O)CCc1sccc1Cl. The van der Waals surface area contributed by atoms with Gasteiger partial charge < -0.3 is 5.11 Å². The van der Waals surface area contributed by atoms with Crippen LogP contribution >= 0.6 is 22.9 Å². The van der Waals surface area contributed by atoms with E-state index >= 15 is 0 Å². The molecule has 0 aliphatic carbocycles. The summed E-state index contributed by atoms with van der Waals surface area (Å²) in [6.45, 7) is 2.08. The average Bonchev–Trinajstić information content (AvgIpc) is 2.48. The fourth-order valence-corrected chi connectivity index (χ4v) is 2.43. The summed E-state index contributed by atoms with van der Waals surface area (Å²) in [6, 6.07) is 1.91. The molecule has 1 nitrogen and oxygen atoms in total. The monoisotopic (exact) mass is 218 g/mol. The van der Waals surface area contributed by atoms with Crippen molar-refractivity contribution in [3.63, 3.8) is 0 Å². The Balaban J connectivity index is 2.30. The van der Waals surface area contributed by atoms with Gasteiger partial charge in [0.1, 0.15) is 0 Å². The second-order valence-electron chi connectivity index (χ2n) is 3.17. The van der Waals surface area contributed by atoms with Gasteiger partial charge in [-0.25, -0.2) is 0 Å². The highest BCUT2D eigenvalue weighted by atomic mass is 35.5. The van der Waals surface area contributed by atoms with E-state index in [1.54, 1.807) is 11.3 Å². The first kappa shape index (κ1) is 11.0. The highest BCUT2D eigenvalue weighted by Gasteiger charge is 2.06. The minimum absolute atomic E-state index is 0.164. The largest absolute Gasteiger partial charge is 0.393 e. The third kappa shape index (κ3) is 3.67. The van der Waals surface area contributed by atoms with Gasteiger partial charge in [-0.3, -0.25) is 0 Å². The molecule has 74 valence electrons. The van der Waals surface area contributed by atoms with Gasteiger partial charge in [-0.15, -0.1) is 11.3 Å². The van der Waals surface area contributed by atoms with E-state index in [4.69, 9.17) is 11.6 Å². The van der Waals surface area contributed by atoms with Gasteiger partial charge in [0, 0.05) is 4.88 Å². The number of aliphatic hydroxyl groups excluding tert-OH is 1. The molecule has 0 saturated carbocycles. The Morgan fingerprint density at radius 2 is 2.31 bits per heavy atom. The van der Waals surface area contributed by atoms with Gasteiger partial charge in [0.15, 0.2) is 0 Å². The van der Waals surface area contributed by atoms with E-state index in [0.29, 0.717) is 0 Å². The van der Waals surface area contributed by atoms with Crippen LogP contribution in [0.15, 0.2) is 11.4 Å². The summed E-state index contributed by atoms with van der Waals surface area (Å²) >= 11 is 7.60. The van der Waals surface area contributed by atoms with E-state index in [1.807, 2.05) is 11.4 Å². The molecule has 0 amide bonds. The van der Waals surface area contributed by atoms with Crippen molar-refractivity contribution in [3.8, 4) is 0 Å². The van der Waals surface area contributed by atoms with Crippen LogP contribution in [0.2, 0.25) is 5.02 Å². The first-order valence-corrected chi connectivity index (χ1v) is 5.89. The lowest BCUT2D eigenvalue weighted by molar-refractivity contribution is 0.154. The smallest absolute Gasteiger partial charge is 0.0545 e. The molecule has 1 heterocycles. The van der Waals surface area contributed by atoms with E-state index < -0.39 is 0 Å². The average molecular weight is 219 g/mol. The highest BCUT2D eigenvalue weighted by Crippen LogP contribution is 2.24. The molecule has 1 aromatic rings. The van der Waals surface area contributed by atoms with Gasteiger partial charge in [-0.05, 0) is 30.7 Å². The van der Waals surface area contributed by atoms with Crippen LogP contribution in [0, 0.1) is 0 Å². The van der Waals surface area contributed by atoms with Crippen LogP contribution in [-0.2, 0) is 6.42 Å². The first-order valence-electron chi connectivity index (χ1n) is 4.64. The molecule has 1 N–H and O–H groups in total. The van der Waals surface area contributed by atoms with Crippen molar-refractivity contribution in [1.29, 1.82) is 0 Å². The molecule has 0 bridgehead atoms. The number of hydrogen-bond donors (Lipinski definition) is 1. The normalized spacial score (nSPS) is 13.2. The molecule has 1 unspecified atom stereocenters. The lowest BCUT2D eigenvalue weighted by atomic mass is 10.1. The summed E-state index contributed by atoms with van der Waals surface area (Å²) < 4.78 is 0. The number of rotatable bonds is 5. The maximum absolute atomic E-state index is 9.50. The Hall–Kier alpha value is -0.0500. The summed E-state index contributed by atoms with van der Waals surface area (Å²) in [4.78, 5) is 1.19. The Morgan fingerprint density at radius 3 is 2.85 bits per heavy atom. The van der Waals surface area contributed by atoms with Crippen LogP contribution in [0.1, 0.15) is 31.1 Å². The highest BCUT2D eigenvalue weighted by molar-refractivity contribution is 7.10. The minimum Gasteiger partial charge on any atom is -0.393 e. The molecule has 1 atom stereocenters. The molecule has 1 aromatic heterocycles. The fraction of sp³-hybridized carbons (Fsp3) is 0.600. The maximum atomic E-state index is 9.50. The fourth-order valence-electron chi connectivity index (χ4n) is 1.28. The molecule has 0 aromatic carbocycles. The minimum atomic E-state index is -0.164. The van der Waals surface area contributed by atoms with Gasteiger partial charge in [-0.2, -0.15) is 0 Å². The number of thiophene rings is 1. The van der Waals surface area contributed by atoms with Gasteiger partial charge in [0.25, 0.3) is 0 Å². The summed E-state index contributed by atoms with van der Waals surface area (Å²) in [6.07, 6.45) is 3.50. The molecule has 3 heteroatoms. The quantitative estimate of drug-likeness (QED) is 0.802. The van der Waals surface area contributed by atoms with E-state index in [2.05, 4.69) is 6.92 Å². The molecular weight excluding hydrogens is 204 g/mol. The second-order valence-corrected chi connectivity index (χ2v) is 4.58. The van der Waals surface area contributed by atoms with E-state index in [0.717, 1.165) is 30.7 Å². The Bertz CT molecular complexity index is 247. The van der Waals surface area contributed by atoms with Gasteiger partial charge in [0.05, 0.1) is 11.1 Å². The van der Waals surface area contributed by atoms with Crippen molar-refractivity contribution >= 4 is 22.9 Å². The van der Waals surface area contributed by atoms with Gasteiger partial charge >= 0.3 is 0 Å². The molecule has 0 radical (unpaired) electrons. The van der Waals surface area contributed by atoms with E-state index in [1.165, 1.54) is 4.88 Å². The molecule has 13 heavy (non-hydrogen) atoms. The summed E-state index contributed by atoms with van der Waals surface area (Å²) in [7, 11) is 0. The Morgan fingerprint density at radius 1 is 1.54 bits per heavy atom. The number of aryl methyl sites for hydroxylation is 1. The Kier molecular flexibility index (Phi) is 4.78. The third-order valence-electron chi connectivity index (χ3n) is 2.02. The zero-order valence-electron chi connectivity index (χ0n) is 7.79. The van der Waals surface area contributed by atoms with Crippen LogP contribution in [0.25, 0.3) is 0 Å². The molecule has 0 fully saturated rings. The van der Waals surface area contributed by atoms with Crippen molar-refractivity contribution in [3.05, 3.63) is 21.3 Å². The van der Waals surface area contributed by atoms with Gasteiger partial charge in [0.2, 0.25) is 0 Å². The standard InChI is InChI=1S/C10H15ClOS/c1-2-3-8(12)4-5-10-9(11)6-7-13-10/h6-8,12H,2-5H2,1H3. The topological polar surface area (TPSA) is 20.2 Å². The lowest BCUT2D eigenvalue weighted by Crippen LogP contribution is -2.06. The Labute approximate surface area is 88.4 Å². The number of hydrogen-bond acceptors (Lipinski definition) is 2. The molecule has 0 aliphatic rings. The first-order chi connectivity index (χ1) is 6.24. The summed E-state index contributed by atoms with van der Waals surface area (Å²) in [5, 5.41) is 12.3. The van der Waals surface area contributed by atoms with E-state index in [9.17, 15) is 5.11 Å². The zero-order valence-corrected chi connectivity index (χ0v) is 9.37. The molecule has 0 saturated heterocycles. The molecule has 1 rings (SSSR count). The van der Waals surface area contributed by atoms with Crippen molar-refractivity contribution in [2.24, 2.45) is 0 Å². The van der Waals surface area contributed by atoms with Crippen molar-refractivity contribution in [2.45, 2.75) is 38.7 Å². The number of halogens is 1. The van der Waals surface area contributed by atoms with Crippen LogP contribution in [-0.4, -0.2) is 11.2 Å². The van der Waals surface area contributed by atoms with Crippen LogP contribution in [0.3, 0.4) is 0 Å².